The first-order valence-corrected chi connectivity index (χ1v) is 6.87. The van der Waals surface area contributed by atoms with Crippen LogP contribution in [0.15, 0.2) is 12.1 Å². The molecule has 0 saturated carbocycles. The molecule has 0 saturated heterocycles. The molecule has 1 N–H and O–H groups in total. The summed E-state index contributed by atoms with van der Waals surface area (Å²) in [5, 5.41) is 9.47. The Hall–Kier alpha value is -1.22. The fourth-order valence-corrected chi connectivity index (χ4v) is 2.41. The Labute approximate surface area is 117 Å². The molecule has 0 bridgehead atoms. The number of hydrogen-bond acceptors (Lipinski definition) is 3. The van der Waals surface area contributed by atoms with E-state index in [0.29, 0.717) is 5.92 Å². The zero-order valence-electron chi connectivity index (χ0n) is 13.0. The molecule has 0 heterocycles. The first-order chi connectivity index (χ1) is 8.90. The summed E-state index contributed by atoms with van der Waals surface area (Å²) in [6.45, 7) is 9.49. The molecule has 1 unspecified atom stereocenters. The Balaban J connectivity index is 3.01. The second-order valence-electron chi connectivity index (χ2n) is 5.70. The first kappa shape index (κ1) is 15.8. The van der Waals surface area contributed by atoms with E-state index in [1.54, 1.807) is 7.11 Å². The minimum atomic E-state index is 0.217. The van der Waals surface area contributed by atoms with Crippen LogP contribution in [0.25, 0.3) is 0 Å². The monoisotopic (exact) mass is 265 g/mol. The van der Waals surface area contributed by atoms with Crippen molar-refractivity contribution in [2.24, 2.45) is 11.8 Å². The zero-order chi connectivity index (χ0) is 14.6. The van der Waals surface area contributed by atoms with E-state index in [-0.39, 0.29) is 12.5 Å². The quantitative estimate of drug-likeness (QED) is 0.858. The van der Waals surface area contributed by atoms with Crippen molar-refractivity contribution in [3.63, 3.8) is 0 Å². The number of hydrogen-bond donors (Lipinski definition) is 1. The van der Waals surface area contributed by atoms with Gasteiger partial charge in [-0.05, 0) is 37.0 Å². The maximum absolute atomic E-state index is 9.47. The number of rotatable bonds is 6. The van der Waals surface area contributed by atoms with Gasteiger partial charge >= 0.3 is 0 Å². The first-order valence-electron chi connectivity index (χ1n) is 6.87. The summed E-state index contributed by atoms with van der Waals surface area (Å²) in [4.78, 5) is 2.18. The van der Waals surface area contributed by atoms with Crippen molar-refractivity contribution in [1.82, 2.24) is 0 Å². The Morgan fingerprint density at radius 1 is 1.26 bits per heavy atom. The van der Waals surface area contributed by atoms with Crippen LogP contribution in [0.3, 0.4) is 0 Å². The van der Waals surface area contributed by atoms with Gasteiger partial charge in [-0.1, -0.05) is 19.9 Å². The van der Waals surface area contributed by atoms with Gasteiger partial charge in [0.2, 0.25) is 0 Å². The number of aryl methyl sites for hydroxylation is 2. The van der Waals surface area contributed by atoms with E-state index in [0.717, 1.165) is 23.5 Å². The van der Waals surface area contributed by atoms with Crippen molar-refractivity contribution in [3.8, 4) is 5.75 Å². The van der Waals surface area contributed by atoms with Gasteiger partial charge in [-0.3, -0.25) is 0 Å². The van der Waals surface area contributed by atoms with Gasteiger partial charge in [0, 0.05) is 26.1 Å². The fourth-order valence-electron chi connectivity index (χ4n) is 2.41. The third-order valence-corrected chi connectivity index (χ3v) is 3.70. The van der Waals surface area contributed by atoms with Crippen molar-refractivity contribution in [1.29, 1.82) is 0 Å². The van der Waals surface area contributed by atoms with E-state index < -0.39 is 0 Å². The van der Waals surface area contributed by atoms with Gasteiger partial charge in [0.25, 0.3) is 0 Å². The molecule has 108 valence electrons. The summed E-state index contributed by atoms with van der Waals surface area (Å²) in [7, 11) is 3.77. The molecular formula is C16H27NO2. The molecule has 3 heteroatoms. The van der Waals surface area contributed by atoms with Crippen LogP contribution in [-0.4, -0.2) is 32.4 Å². The predicted molar refractivity (Wildman–Crippen MR) is 81.2 cm³/mol. The maximum Gasteiger partial charge on any atom is 0.145 e. The van der Waals surface area contributed by atoms with Gasteiger partial charge < -0.3 is 14.7 Å². The Bertz CT molecular complexity index is 415. The third-order valence-electron chi connectivity index (χ3n) is 3.70. The summed E-state index contributed by atoms with van der Waals surface area (Å²) in [6, 6.07) is 4.27. The van der Waals surface area contributed by atoms with Crippen LogP contribution in [0, 0.1) is 25.7 Å². The van der Waals surface area contributed by atoms with Crippen LogP contribution < -0.4 is 9.64 Å². The lowest BCUT2D eigenvalue weighted by Gasteiger charge is -2.29. The largest absolute Gasteiger partial charge is 0.494 e. The van der Waals surface area contributed by atoms with Gasteiger partial charge in [-0.2, -0.15) is 0 Å². The highest BCUT2D eigenvalue weighted by molar-refractivity contribution is 5.63. The van der Waals surface area contributed by atoms with Crippen molar-refractivity contribution >= 4 is 5.69 Å². The van der Waals surface area contributed by atoms with Gasteiger partial charge in [0.1, 0.15) is 5.75 Å². The number of aliphatic hydroxyl groups is 1. The second kappa shape index (κ2) is 6.80. The lowest BCUT2D eigenvalue weighted by atomic mass is 9.96. The zero-order valence-corrected chi connectivity index (χ0v) is 13.0. The standard InChI is InChI=1S/C16H27NO2/c1-11(2)14(10-18)9-17(5)15-8-12(3)7-13(4)16(15)19-6/h7-8,11,14,18H,9-10H2,1-6H3. The van der Waals surface area contributed by atoms with Gasteiger partial charge in [-0.15, -0.1) is 0 Å². The van der Waals surface area contributed by atoms with E-state index in [1.165, 1.54) is 5.56 Å². The number of anilines is 1. The molecule has 1 aromatic carbocycles. The summed E-state index contributed by atoms with van der Waals surface area (Å²) >= 11 is 0. The summed E-state index contributed by atoms with van der Waals surface area (Å²) in [6.07, 6.45) is 0. The van der Waals surface area contributed by atoms with Crippen molar-refractivity contribution in [3.05, 3.63) is 23.3 Å². The van der Waals surface area contributed by atoms with Crippen molar-refractivity contribution in [2.75, 3.05) is 32.2 Å². The van der Waals surface area contributed by atoms with E-state index in [2.05, 4.69) is 51.8 Å². The lowest BCUT2D eigenvalue weighted by molar-refractivity contribution is 0.193. The van der Waals surface area contributed by atoms with Crippen LogP contribution in [0.2, 0.25) is 0 Å². The van der Waals surface area contributed by atoms with Crippen LogP contribution in [0.5, 0.6) is 5.75 Å². The van der Waals surface area contributed by atoms with Crippen molar-refractivity contribution < 1.29 is 9.84 Å². The highest BCUT2D eigenvalue weighted by atomic mass is 16.5. The van der Waals surface area contributed by atoms with E-state index in [9.17, 15) is 5.11 Å². The third kappa shape index (κ3) is 3.87. The van der Waals surface area contributed by atoms with Crippen LogP contribution >= 0.6 is 0 Å². The van der Waals surface area contributed by atoms with Gasteiger partial charge in [0.05, 0.1) is 12.8 Å². The molecule has 19 heavy (non-hydrogen) atoms. The average molecular weight is 265 g/mol. The molecule has 1 rings (SSSR count). The van der Waals surface area contributed by atoms with Crippen molar-refractivity contribution in [2.45, 2.75) is 27.7 Å². The molecule has 0 aliphatic heterocycles. The number of aliphatic hydroxyl groups excluding tert-OH is 1. The van der Waals surface area contributed by atoms with Crippen LogP contribution in [0.4, 0.5) is 5.69 Å². The maximum atomic E-state index is 9.47. The number of ether oxygens (including phenoxy) is 1. The molecular weight excluding hydrogens is 238 g/mol. The Morgan fingerprint density at radius 3 is 2.37 bits per heavy atom. The summed E-state index contributed by atoms with van der Waals surface area (Å²) in [5.74, 6) is 1.66. The van der Waals surface area contributed by atoms with E-state index in [1.807, 2.05) is 0 Å². The molecule has 0 aliphatic rings. The van der Waals surface area contributed by atoms with E-state index in [4.69, 9.17) is 4.74 Å². The van der Waals surface area contributed by atoms with Crippen LogP contribution in [-0.2, 0) is 0 Å². The highest BCUT2D eigenvalue weighted by Crippen LogP contribution is 2.33. The molecule has 0 spiro atoms. The number of methoxy groups -OCH3 is 1. The molecule has 0 aromatic heterocycles. The Kier molecular flexibility index (Phi) is 5.67. The van der Waals surface area contributed by atoms with Crippen LogP contribution in [0.1, 0.15) is 25.0 Å². The molecule has 0 fully saturated rings. The number of benzene rings is 1. The highest BCUT2D eigenvalue weighted by Gasteiger charge is 2.18. The molecule has 0 aliphatic carbocycles. The van der Waals surface area contributed by atoms with Gasteiger partial charge in [0.15, 0.2) is 0 Å². The molecule has 0 radical (unpaired) electrons. The minimum Gasteiger partial charge on any atom is -0.494 e. The minimum absolute atomic E-state index is 0.217. The summed E-state index contributed by atoms with van der Waals surface area (Å²) in [5.41, 5.74) is 3.47. The SMILES string of the molecule is COc1c(C)cc(C)cc1N(C)CC(CO)C(C)C. The lowest BCUT2D eigenvalue weighted by Crippen LogP contribution is -2.31. The molecule has 0 amide bonds. The van der Waals surface area contributed by atoms with E-state index >= 15 is 0 Å². The average Bonchev–Trinajstić information content (AvgIpc) is 2.34. The summed E-state index contributed by atoms with van der Waals surface area (Å²) < 4.78 is 5.52. The fraction of sp³-hybridized carbons (Fsp3) is 0.625. The normalized spacial score (nSPS) is 12.6. The molecule has 1 aromatic rings. The number of nitrogens with zero attached hydrogens (tertiary/aromatic N) is 1. The smallest absolute Gasteiger partial charge is 0.145 e. The predicted octanol–water partition coefficient (Wildman–Crippen LogP) is 3.01. The topological polar surface area (TPSA) is 32.7 Å². The van der Waals surface area contributed by atoms with Gasteiger partial charge in [-0.25, -0.2) is 0 Å². The molecule has 3 nitrogen and oxygen atoms in total. The Morgan fingerprint density at radius 2 is 1.89 bits per heavy atom. The molecule has 1 atom stereocenters. The second-order valence-corrected chi connectivity index (χ2v) is 5.70.